The van der Waals surface area contributed by atoms with Crippen LogP contribution in [0.1, 0.15) is 23.5 Å². The number of H-pyrrole nitrogens is 1. The van der Waals surface area contributed by atoms with Crippen molar-refractivity contribution in [3.8, 4) is 11.3 Å². The molecule has 0 fully saturated rings. The third kappa shape index (κ3) is 2.89. The molecule has 0 aliphatic carbocycles. The highest BCUT2D eigenvalue weighted by Gasteiger charge is 2.32. The minimum absolute atomic E-state index is 0.0794. The third-order valence-corrected chi connectivity index (χ3v) is 4.47. The summed E-state index contributed by atoms with van der Waals surface area (Å²) in [7, 11) is 0. The first-order chi connectivity index (χ1) is 12.0. The molecule has 0 bridgehead atoms. The average Bonchev–Trinajstić information content (AvgIpc) is 2.97. The predicted octanol–water partition coefficient (Wildman–Crippen LogP) is 4.48. The van der Waals surface area contributed by atoms with Gasteiger partial charge in [-0.15, -0.1) is 0 Å². The number of halogens is 3. The largest absolute Gasteiger partial charge is 0.309 e. The van der Waals surface area contributed by atoms with Gasteiger partial charge in [-0.1, -0.05) is 23.7 Å². The van der Waals surface area contributed by atoms with Gasteiger partial charge in [-0.2, -0.15) is 5.10 Å². The summed E-state index contributed by atoms with van der Waals surface area (Å²) in [5.74, 6) is -1.75. The summed E-state index contributed by atoms with van der Waals surface area (Å²) in [5.41, 5.74) is 2.59. The van der Waals surface area contributed by atoms with E-state index < -0.39 is 17.6 Å². The number of carbonyl (C=O) groups is 1. The Morgan fingerprint density at radius 3 is 2.44 bits per heavy atom. The Labute approximate surface area is 146 Å². The van der Waals surface area contributed by atoms with Gasteiger partial charge in [0.2, 0.25) is 5.91 Å². The number of hydrogen-bond acceptors (Lipinski definition) is 2. The molecule has 4 nitrogen and oxygen atoms in total. The number of fused-ring (bicyclic) bond motifs is 1. The van der Waals surface area contributed by atoms with Crippen LogP contribution in [0.15, 0.2) is 42.5 Å². The molecule has 0 spiro atoms. The maximum Gasteiger partial charge on any atom is 0.226 e. The first kappa shape index (κ1) is 15.8. The quantitative estimate of drug-likeness (QED) is 0.708. The molecule has 0 saturated carbocycles. The van der Waals surface area contributed by atoms with Crippen LogP contribution in [0.2, 0.25) is 5.02 Å². The molecule has 0 unspecified atom stereocenters. The summed E-state index contributed by atoms with van der Waals surface area (Å²) in [6.07, 6.45) is 0.0794. The van der Waals surface area contributed by atoms with Crippen molar-refractivity contribution < 1.29 is 13.6 Å². The van der Waals surface area contributed by atoms with E-state index in [1.54, 1.807) is 12.1 Å². The fourth-order valence-electron chi connectivity index (χ4n) is 3.15. The Kier molecular flexibility index (Phi) is 3.77. The highest BCUT2D eigenvalue weighted by Crippen LogP contribution is 2.42. The second-order valence-electron chi connectivity index (χ2n) is 5.88. The molecule has 1 aliphatic rings. The molecule has 1 aromatic heterocycles. The molecule has 1 amide bonds. The summed E-state index contributed by atoms with van der Waals surface area (Å²) in [6.45, 7) is 0. The zero-order chi connectivity index (χ0) is 17.6. The summed E-state index contributed by atoms with van der Waals surface area (Å²) in [5, 5.41) is 10.3. The number of nitrogens with one attached hydrogen (secondary N) is 2. The molecule has 126 valence electrons. The van der Waals surface area contributed by atoms with Crippen LogP contribution in [0.4, 0.5) is 14.6 Å². The van der Waals surface area contributed by atoms with Crippen LogP contribution in [-0.2, 0) is 4.79 Å². The molecule has 2 aromatic carbocycles. The van der Waals surface area contributed by atoms with E-state index in [1.165, 1.54) is 12.1 Å². The van der Waals surface area contributed by atoms with Crippen molar-refractivity contribution in [1.29, 1.82) is 0 Å². The molecular weight excluding hydrogens is 348 g/mol. The number of aromatic amines is 1. The number of anilines is 1. The number of amides is 1. The Hall–Kier alpha value is -2.73. The molecule has 2 N–H and O–H groups in total. The molecule has 1 aliphatic heterocycles. The summed E-state index contributed by atoms with van der Waals surface area (Å²) in [6, 6.07) is 10.4. The lowest BCUT2D eigenvalue weighted by Crippen LogP contribution is -2.23. The third-order valence-electron chi connectivity index (χ3n) is 4.22. The van der Waals surface area contributed by atoms with Gasteiger partial charge < -0.3 is 5.32 Å². The molecule has 0 radical (unpaired) electrons. The number of hydrogen-bond donors (Lipinski definition) is 2. The summed E-state index contributed by atoms with van der Waals surface area (Å²) >= 11 is 5.93. The second-order valence-corrected chi connectivity index (χ2v) is 6.31. The molecule has 1 atom stereocenters. The van der Waals surface area contributed by atoms with Gasteiger partial charge in [-0.25, -0.2) is 8.78 Å². The number of nitrogens with zero attached hydrogens (tertiary/aromatic N) is 1. The van der Waals surface area contributed by atoms with Crippen molar-refractivity contribution in [1.82, 2.24) is 10.2 Å². The lowest BCUT2D eigenvalue weighted by molar-refractivity contribution is -0.116. The van der Waals surface area contributed by atoms with Gasteiger partial charge in [0.25, 0.3) is 0 Å². The Morgan fingerprint density at radius 1 is 1.08 bits per heavy atom. The van der Waals surface area contributed by atoms with Crippen molar-refractivity contribution in [3.63, 3.8) is 0 Å². The summed E-state index contributed by atoms with van der Waals surface area (Å²) < 4.78 is 27.3. The van der Waals surface area contributed by atoms with E-state index in [9.17, 15) is 13.6 Å². The normalized spacial score (nSPS) is 16.4. The van der Waals surface area contributed by atoms with Gasteiger partial charge in [-0.3, -0.25) is 9.89 Å². The van der Waals surface area contributed by atoms with Crippen LogP contribution in [0, 0.1) is 11.6 Å². The van der Waals surface area contributed by atoms with Crippen molar-refractivity contribution in [2.75, 3.05) is 5.32 Å². The van der Waals surface area contributed by atoms with Crippen LogP contribution in [0.3, 0.4) is 0 Å². The minimum Gasteiger partial charge on any atom is -0.309 e. The maximum absolute atomic E-state index is 13.7. The van der Waals surface area contributed by atoms with Gasteiger partial charge in [0.15, 0.2) is 5.82 Å². The van der Waals surface area contributed by atoms with E-state index >= 15 is 0 Å². The smallest absolute Gasteiger partial charge is 0.226 e. The van der Waals surface area contributed by atoms with Gasteiger partial charge >= 0.3 is 0 Å². The van der Waals surface area contributed by atoms with Crippen molar-refractivity contribution in [2.45, 2.75) is 12.3 Å². The number of carbonyl (C=O) groups excluding carboxylic acids is 1. The van der Waals surface area contributed by atoms with E-state index in [0.717, 1.165) is 11.6 Å². The molecule has 25 heavy (non-hydrogen) atoms. The van der Waals surface area contributed by atoms with E-state index in [2.05, 4.69) is 15.5 Å². The first-order valence-electron chi connectivity index (χ1n) is 7.61. The maximum atomic E-state index is 13.7. The average molecular weight is 360 g/mol. The van der Waals surface area contributed by atoms with Crippen molar-refractivity contribution in [3.05, 3.63) is 70.2 Å². The Bertz CT molecular complexity index is 949. The van der Waals surface area contributed by atoms with Crippen molar-refractivity contribution >= 4 is 23.3 Å². The van der Waals surface area contributed by atoms with Crippen LogP contribution < -0.4 is 5.32 Å². The molecule has 4 rings (SSSR count). The fraction of sp³-hybridized carbons (Fsp3) is 0.111. The van der Waals surface area contributed by atoms with E-state index in [1.807, 2.05) is 12.1 Å². The highest BCUT2D eigenvalue weighted by molar-refractivity contribution is 6.30. The fourth-order valence-corrected chi connectivity index (χ4v) is 3.28. The topological polar surface area (TPSA) is 57.8 Å². The predicted molar refractivity (Wildman–Crippen MR) is 90.5 cm³/mol. The lowest BCUT2D eigenvalue weighted by Gasteiger charge is -2.23. The Balaban J connectivity index is 1.88. The monoisotopic (exact) mass is 359 g/mol. The van der Waals surface area contributed by atoms with Crippen LogP contribution >= 0.6 is 11.6 Å². The second kappa shape index (κ2) is 5.97. The van der Waals surface area contributed by atoms with Gasteiger partial charge in [0.05, 0.1) is 5.69 Å². The lowest BCUT2D eigenvalue weighted by atomic mass is 9.84. The van der Waals surface area contributed by atoms with Crippen LogP contribution in [0.25, 0.3) is 11.3 Å². The molecule has 3 aromatic rings. The van der Waals surface area contributed by atoms with E-state index in [-0.39, 0.29) is 12.3 Å². The number of aromatic nitrogens is 2. The molecule has 7 heteroatoms. The highest BCUT2D eigenvalue weighted by atomic mass is 35.5. The zero-order valence-electron chi connectivity index (χ0n) is 12.8. The van der Waals surface area contributed by atoms with Crippen molar-refractivity contribution in [2.24, 2.45) is 0 Å². The van der Waals surface area contributed by atoms with E-state index in [4.69, 9.17) is 11.6 Å². The molecular formula is C18H12ClF2N3O. The SMILES string of the molecule is O=C1C[C@@H](c2cc(F)cc(F)c2)c2c(n[nH]c2-c2ccc(Cl)cc2)N1. The van der Waals surface area contributed by atoms with Gasteiger partial charge in [0, 0.05) is 34.6 Å². The number of benzene rings is 2. The van der Waals surface area contributed by atoms with Crippen LogP contribution in [0.5, 0.6) is 0 Å². The summed E-state index contributed by atoms with van der Waals surface area (Å²) in [4.78, 5) is 12.0. The number of rotatable bonds is 2. The van der Waals surface area contributed by atoms with Gasteiger partial charge in [0.1, 0.15) is 11.6 Å². The van der Waals surface area contributed by atoms with Crippen LogP contribution in [-0.4, -0.2) is 16.1 Å². The Morgan fingerprint density at radius 2 is 1.76 bits per heavy atom. The zero-order valence-corrected chi connectivity index (χ0v) is 13.6. The van der Waals surface area contributed by atoms with Gasteiger partial charge in [-0.05, 0) is 29.8 Å². The molecule has 0 saturated heterocycles. The minimum atomic E-state index is -0.681. The molecule has 2 heterocycles. The standard InChI is InChI=1S/C18H12ClF2N3O/c19-11-3-1-9(2-4-11)17-16-14(8-15(25)22-18(16)24-23-17)10-5-12(20)7-13(21)6-10/h1-7,14H,8H2,(H2,22,23,24,25)/t14-/m0/s1. The van der Waals surface area contributed by atoms with E-state index in [0.29, 0.717) is 27.7 Å². The first-order valence-corrected chi connectivity index (χ1v) is 7.99.